The lowest BCUT2D eigenvalue weighted by molar-refractivity contribution is -0.133. The number of hydrogen-bond donors (Lipinski definition) is 0. The standard InChI is InChI=1S/C16H16ClN3O3/c17-10-4-1-2-5-11(10)18-9-7-13(14(18)21)20-15(22)12-6-3-8-19(12)16(20)23/h1-2,4-5,12-13H,3,6-9H2/t12-,13+/m0/s1. The van der Waals surface area contributed by atoms with Crippen molar-refractivity contribution >= 4 is 35.1 Å². The maximum Gasteiger partial charge on any atom is 0.328 e. The topological polar surface area (TPSA) is 60.9 Å². The molecule has 2 atom stereocenters. The highest BCUT2D eigenvalue weighted by atomic mass is 35.5. The van der Waals surface area contributed by atoms with Crippen LogP contribution in [0.3, 0.4) is 0 Å². The summed E-state index contributed by atoms with van der Waals surface area (Å²) in [5.41, 5.74) is 0.626. The highest BCUT2D eigenvalue weighted by Crippen LogP contribution is 2.34. The summed E-state index contributed by atoms with van der Waals surface area (Å²) in [7, 11) is 0. The molecule has 6 nitrogen and oxygen atoms in total. The van der Waals surface area contributed by atoms with Crippen LogP contribution < -0.4 is 4.90 Å². The summed E-state index contributed by atoms with van der Waals surface area (Å²) in [6, 6.07) is 5.70. The van der Waals surface area contributed by atoms with Crippen molar-refractivity contribution in [1.82, 2.24) is 9.80 Å². The Bertz CT molecular complexity index is 686. The van der Waals surface area contributed by atoms with E-state index in [-0.39, 0.29) is 23.9 Å². The lowest BCUT2D eigenvalue weighted by Crippen LogP contribution is -2.46. The molecule has 7 heteroatoms. The van der Waals surface area contributed by atoms with E-state index in [2.05, 4.69) is 0 Å². The second kappa shape index (κ2) is 5.23. The Balaban J connectivity index is 1.60. The average molecular weight is 334 g/mol. The molecular weight excluding hydrogens is 318 g/mol. The number of carbonyl (C=O) groups is 3. The molecule has 0 N–H and O–H groups in total. The van der Waals surface area contributed by atoms with Gasteiger partial charge in [0.25, 0.3) is 5.91 Å². The molecule has 0 radical (unpaired) electrons. The fraction of sp³-hybridized carbons (Fsp3) is 0.438. The summed E-state index contributed by atoms with van der Waals surface area (Å²) < 4.78 is 0. The number of imide groups is 1. The van der Waals surface area contributed by atoms with Crippen LogP contribution >= 0.6 is 11.6 Å². The van der Waals surface area contributed by atoms with Crippen molar-refractivity contribution in [1.29, 1.82) is 0 Å². The number of para-hydroxylation sites is 1. The van der Waals surface area contributed by atoms with Crippen LogP contribution in [0.1, 0.15) is 19.3 Å². The van der Waals surface area contributed by atoms with Gasteiger partial charge in [-0.15, -0.1) is 0 Å². The van der Waals surface area contributed by atoms with Gasteiger partial charge in [0, 0.05) is 13.1 Å². The number of amides is 4. The molecule has 23 heavy (non-hydrogen) atoms. The van der Waals surface area contributed by atoms with Crippen molar-refractivity contribution in [2.24, 2.45) is 0 Å². The Morgan fingerprint density at radius 1 is 0.957 bits per heavy atom. The Kier molecular flexibility index (Phi) is 3.30. The Morgan fingerprint density at radius 3 is 2.48 bits per heavy atom. The number of fused-ring (bicyclic) bond motifs is 1. The second-order valence-corrected chi connectivity index (χ2v) is 6.50. The molecule has 1 aromatic carbocycles. The molecule has 0 saturated carbocycles. The summed E-state index contributed by atoms with van der Waals surface area (Å²) in [6.45, 7) is 1.05. The van der Waals surface area contributed by atoms with Crippen molar-refractivity contribution in [2.75, 3.05) is 18.0 Å². The molecular formula is C16H16ClN3O3. The van der Waals surface area contributed by atoms with Crippen molar-refractivity contribution < 1.29 is 14.4 Å². The number of urea groups is 1. The molecule has 3 aliphatic rings. The predicted molar refractivity (Wildman–Crippen MR) is 84.2 cm³/mol. The zero-order valence-electron chi connectivity index (χ0n) is 12.4. The Hall–Kier alpha value is -2.08. The van der Waals surface area contributed by atoms with E-state index >= 15 is 0 Å². The van der Waals surface area contributed by atoms with E-state index in [1.807, 2.05) is 6.07 Å². The third-order valence-electron chi connectivity index (χ3n) is 4.86. The SMILES string of the molecule is O=C1[C@H](N2C(=O)[C@@H]3CCCN3C2=O)CCN1c1ccccc1Cl. The third kappa shape index (κ3) is 2.05. The summed E-state index contributed by atoms with van der Waals surface area (Å²) in [4.78, 5) is 42.1. The molecule has 3 heterocycles. The molecule has 3 aliphatic heterocycles. The van der Waals surface area contributed by atoms with Gasteiger partial charge in [0.05, 0.1) is 10.7 Å². The summed E-state index contributed by atoms with van der Waals surface area (Å²) in [5.74, 6) is -0.465. The minimum Gasteiger partial charge on any atom is -0.312 e. The summed E-state index contributed by atoms with van der Waals surface area (Å²) in [5, 5.41) is 0.487. The normalized spacial score (nSPS) is 27.3. The zero-order valence-corrected chi connectivity index (χ0v) is 13.2. The second-order valence-electron chi connectivity index (χ2n) is 6.09. The lowest BCUT2D eigenvalue weighted by Gasteiger charge is -2.22. The first-order chi connectivity index (χ1) is 11.1. The lowest BCUT2D eigenvalue weighted by atomic mass is 10.1. The maximum atomic E-state index is 12.8. The number of halogens is 1. The van der Waals surface area contributed by atoms with Crippen LogP contribution in [0.4, 0.5) is 10.5 Å². The van der Waals surface area contributed by atoms with Crippen LogP contribution in [0.25, 0.3) is 0 Å². The molecule has 3 fully saturated rings. The number of carbonyl (C=O) groups excluding carboxylic acids is 3. The zero-order chi connectivity index (χ0) is 16.1. The first-order valence-corrected chi connectivity index (χ1v) is 8.17. The first-order valence-electron chi connectivity index (χ1n) is 7.79. The molecule has 0 unspecified atom stereocenters. The fourth-order valence-electron chi connectivity index (χ4n) is 3.75. The minimum absolute atomic E-state index is 0.230. The molecule has 4 amide bonds. The van der Waals surface area contributed by atoms with E-state index in [0.29, 0.717) is 36.6 Å². The maximum absolute atomic E-state index is 12.8. The fourth-order valence-corrected chi connectivity index (χ4v) is 3.98. The van der Waals surface area contributed by atoms with Gasteiger partial charge in [-0.25, -0.2) is 9.69 Å². The number of rotatable bonds is 2. The van der Waals surface area contributed by atoms with Gasteiger partial charge in [-0.3, -0.25) is 9.59 Å². The number of nitrogens with zero attached hydrogens (tertiary/aromatic N) is 3. The van der Waals surface area contributed by atoms with Gasteiger partial charge in [0.15, 0.2) is 0 Å². The first kappa shape index (κ1) is 14.5. The van der Waals surface area contributed by atoms with Crippen LogP contribution in [0.15, 0.2) is 24.3 Å². The van der Waals surface area contributed by atoms with E-state index in [0.717, 1.165) is 6.42 Å². The average Bonchev–Trinajstić information content (AvgIpc) is 3.20. The van der Waals surface area contributed by atoms with Gasteiger partial charge in [-0.1, -0.05) is 23.7 Å². The van der Waals surface area contributed by atoms with E-state index in [1.54, 1.807) is 28.0 Å². The minimum atomic E-state index is -0.711. The molecule has 3 saturated heterocycles. The van der Waals surface area contributed by atoms with Gasteiger partial charge in [-0.2, -0.15) is 0 Å². The van der Waals surface area contributed by atoms with Gasteiger partial charge in [0.1, 0.15) is 12.1 Å². The van der Waals surface area contributed by atoms with Crippen LogP contribution in [0.2, 0.25) is 5.02 Å². The smallest absolute Gasteiger partial charge is 0.312 e. The highest BCUT2D eigenvalue weighted by molar-refractivity contribution is 6.34. The highest BCUT2D eigenvalue weighted by Gasteiger charge is 2.53. The van der Waals surface area contributed by atoms with Crippen molar-refractivity contribution in [2.45, 2.75) is 31.3 Å². The molecule has 0 aliphatic carbocycles. The van der Waals surface area contributed by atoms with Crippen molar-refractivity contribution in [3.8, 4) is 0 Å². The van der Waals surface area contributed by atoms with E-state index in [9.17, 15) is 14.4 Å². The summed E-state index contributed by atoms with van der Waals surface area (Å²) in [6.07, 6.45) is 1.98. The molecule has 120 valence electrons. The van der Waals surface area contributed by atoms with Crippen LogP contribution in [-0.4, -0.2) is 52.8 Å². The van der Waals surface area contributed by atoms with E-state index < -0.39 is 6.04 Å². The van der Waals surface area contributed by atoms with Gasteiger partial charge in [-0.05, 0) is 31.4 Å². The van der Waals surface area contributed by atoms with Gasteiger partial charge >= 0.3 is 6.03 Å². The van der Waals surface area contributed by atoms with Crippen LogP contribution in [0.5, 0.6) is 0 Å². The Labute approximate surface area is 138 Å². The molecule has 0 aromatic heterocycles. The Morgan fingerprint density at radius 2 is 1.74 bits per heavy atom. The quantitative estimate of drug-likeness (QED) is 0.776. The molecule has 4 rings (SSSR count). The summed E-state index contributed by atoms with van der Waals surface area (Å²) >= 11 is 6.16. The largest absolute Gasteiger partial charge is 0.328 e. The van der Waals surface area contributed by atoms with Crippen molar-refractivity contribution in [3.05, 3.63) is 29.3 Å². The van der Waals surface area contributed by atoms with Gasteiger partial charge in [0.2, 0.25) is 5.91 Å². The number of anilines is 1. The van der Waals surface area contributed by atoms with E-state index in [4.69, 9.17) is 11.6 Å². The van der Waals surface area contributed by atoms with Crippen LogP contribution in [-0.2, 0) is 9.59 Å². The molecule has 0 spiro atoms. The number of benzene rings is 1. The van der Waals surface area contributed by atoms with Crippen molar-refractivity contribution in [3.63, 3.8) is 0 Å². The predicted octanol–water partition coefficient (Wildman–Crippen LogP) is 1.87. The molecule has 0 bridgehead atoms. The van der Waals surface area contributed by atoms with E-state index in [1.165, 1.54) is 4.90 Å². The number of hydrogen-bond acceptors (Lipinski definition) is 3. The monoisotopic (exact) mass is 333 g/mol. The third-order valence-corrected chi connectivity index (χ3v) is 5.18. The van der Waals surface area contributed by atoms with Gasteiger partial charge < -0.3 is 9.80 Å². The van der Waals surface area contributed by atoms with Crippen LogP contribution in [0, 0.1) is 0 Å². The molecule has 1 aromatic rings.